The summed E-state index contributed by atoms with van der Waals surface area (Å²) >= 11 is 0. The molecule has 0 radical (unpaired) electrons. The Bertz CT molecular complexity index is 835. The molecular formula is C19H18N2O. The maximum atomic E-state index is 12.1. The SMILES string of the molecule is CC(=O)N1CCc2c([nH]c3ccccc23)C1c1ccccc1. The summed E-state index contributed by atoms with van der Waals surface area (Å²) in [4.78, 5) is 17.6. The van der Waals surface area contributed by atoms with Gasteiger partial charge in [-0.25, -0.2) is 0 Å². The van der Waals surface area contributed by atoms with E-state index in [9.17, 15) is 4.79 Å². The number of amides is 1. The number of carbonyl (C=O) groups excluding carboxylic acids is 1. The van der Waals surface area contributed by atoms with Crippen LogP contribution >= 0.6 is 0 Å². The molecule has 0 saturated carbocycles. The first kappa shape index (κ1) is 13.1. The van der Waals surface area contributed by atoms with Crippen molar-refractivity contribution < 1.29 is 4.79 Å². The number of benzene rings is 2. The van der Waals surface area contributed by atoms with Crippen molar-refractivity contribution >= 4 is 16.8 Å². The van der Waals surface area contributed by atoms with Crippen molar-refractivity contribution in [3.8, 4) is 0 Å². The summed E-state index contributed by atoms with van der Waals surface area (Å²) in [5.41, 5.74) is 4.82. The molecule has 0 aliphatic carbocycles. The van der Waals surface area contributed by atoms with Crippen LogP contribution in [0.4, 0.5) is 0 Å². The van der Waals surface area contributed by atoms with Gasteiger partial charge in [0.1, 0.15) is 0 Å². The first-order valence-corrected chi connectivity index (χ1v) is 7.67. The van der Waals surface area contributed by atoms with E-state index >= 15 is 0 Å². The lowest BCUT2D eigenvalue weighted by Gasteiger charge is -2.35. The van der Waals surface area contributed by atoms with Crippen LogP contribution in [0.1, 0.15) is 29.8 Å². The number of nitrogens with one attached hydrogen (secondary N) is 1. The Kier molecular flexibility index (Phi) is 3.00. The molecule has 1 unspecified atom stereocenters. The third-order valence-electron chi connectivity index (χ3n) is 4.55. The third-order valence-corrected chi connectivity index (χ3v) is 4.55. The van der Waals surface area contributed by atoms with Gasteiger partial charge in [-0.2, -0.15) is 0 Å². The van der Waals surface area contributed by atoms with Gasteiger partial charge in [0.25, 0.3) is 0 Å². The smallest absolute Gasteiger partial charge is 0.220 e. The number of aromatic nitrogens is 1. The van der Waals surface area contributed by atoms with Crippen molar-refractivity contribution in [3.63, 3.8) is 0 Å². The highest BCUT2D eigenvalue weighted by atomic mass is 16.2. The van der Waals surface area contributed by atoms with Gasteiger partial charge in [-0.3, -0.25) is 4.79 Å². The van der Waals surface area contributed by atoms with Gasteiger partial charge in [-0.1, -0.05) is 48.5 Å². The number of carbonyl (C=O) groups is 1. The van der Waals surface area contributed by atoms with Gasteiger partial charge in [-0.05, 0) is 23.6 Å². The van der Waals surface area contributed by atoms with E-state index in [1.807, 2.05) is 29.2 Å². The highest BCUT2D eigenvalue weighted by molar-refractivity contribution is 5.86. The second-order valence-electron chi connectivity index (χ2n) is 5.84. The fourth-order valence-electron chi connectivity index (χ4n) is 3.56. The van der Waals surface area contributed by atoms with Crippen LogP contribution in [0.3, 0.4) is 0 Å². The van der Waals surface area contributed by atoms with Crippen molar-refractivity contribution in [1.82, 2.24) is 9.88 Å². The Morgan fingerprint density at radius 2 is 1.82 bits per heavy atom. The molecule has 3 nitrogen and oxygen atoms in total. The lowest BCUT2D eigenvalue weighted by molar-refractivity contribution is -0.130. The minimum atomic E-state index is -0.0187. The van der Waals surface area contributed by atoms with Crippen LogP contribution in [0.15, 0.2) is 54.6 Å². The molecule has 1 N–H and O–H groups in total. The van der Waals surface area contributed by atoms with E-state index in [1.54, 1.807) is 6.92 Å². The van der Waals surface area contributed by atoms with E-state index in [4.69, 9.17) is 0 Å². The number of aromatic amines is 1. The molecule has 0 spiro atoms. The Morgan fingerprint density at radius 3 is 2.59 bits per heavy atom. The molecule has 0 fully saturated rings. The predicted octanol–water partition coefficient (Wildman–Crippen LogP) is 3.66. The molecule has 0 saturated heterocycles. The molecule has 2 aromatic carbocycles. The van der Waals surface area contributed by atoms with Crippen LogP contribution in [-0.2, 0) is 11.2 Å². The van der Waals surface area contributed by atoms with Crippen LogP contribution in [-0.4, -0.2) is 22.3 Å². The maximum Gasteiger partial charge on any atom is 0.220 e. The predicted molar refractivity (Wildman–Crippen MR) is 87.7 cm³/mol. The fourth-order valence-corrected chi connectivity index (χ4v) is 3.56. The van der Waals surface area contributed by atoms with Gasteiger partial charge in [0.05, 0.1) is 6.04 Å². The zero-order valence-corrected chi connectivity index (χ0v) is 12.5. The van der Waals surface area contributed by atoms with E-state index in [1.165, 1.54) is 10.9 Å². The summed E-state index contributed by atoms with van der Waals surface area (Å²) < 4.78 is 0. The van der Waals surface area contributed by atoms with E-state index < -0.39 is 0 Å². The second kappa shape index (κ2) is 5.02. The van der Waals surface area contributed by atoms with Crippen LogP contribution in [0.2, 0.25) is 0 Å². The van der Waals surface area contributed by atoms with E-state index in [0.717, 1.165) is 29.7 Å². The Hall–Kier alpha value is -2.55. The van der Waals surface area contributed by atoms with Gasteiger partial charge < -0.3 is 9.88 Å². The second-order valence-corrected chi connectivity index (χ2v) is 5.84. The summed E-state index contributed by atoms with van der Waals surface area (Å²) in [6.45, 7) is 2.42. The Balaban J connectivity index is 1.94. The van der Waals surface area contributed by atoms with Gasteiger partial charge in [-0.15, -0.1) is 0 Å². The van der Waals surface area contributed by atoms with Crippen molar-refractivity contribution in [1.29, 1.82) is 0 Å². The fraction of sp³-hybridized carbons (Fsp3) is 0.211. The summed E-state index contributed by atoms with van der Waals surface area (Å²) in [5.74, 6) is 0.123. The van der Waals surface area contributed by atoms with Crippen molar-refractivity contribution in [2.75, 3.05) is 6.54 Å². The molecule has 0 bridgehead atoms. The molecule has 1 atom stereocenters. The number of para-hydroxylation sites is 1. The average molecular weight is 290 g/mol. The van der Waals surface area contributed by atoms with Crippen molar-refractivity contribution in [2.24, 2.45) is 0 Å². The monoisotopic (exact) mass is 290 g/mol. The minimum Gasteiger partial charge on any atom is -0.356 e. The normalized spacial score (nSPS) is 17.5. The summed E-state index contributed by atoms with van der Waals surface area (Å²) in [6.07, 6.45) is 0.905. The number of fused-ring (bicyclic) bond motifs is 3. The molecular weight excluding hydrogens is 272 g/mol. The van der Waals surface area contributed by atoms with Gasteiger partial charge in [0.15, 0.2) is 0 Å². The first-order valence-electron chi connectivity index (χ1n) is 7.67. The minimum absolute atomic E-state index is 0.0187. The lowest BCUT2D eigenvalue weighted by atomic mass is 9.92. The topological polar surface area (TPSA) is 36.1 Å². The molecule has 3 heteroatoms. The van der Waals surface area contributed by atoms with Crippen LogP contribution < -0.4 is 0 Å². The maximum absolute atomic E-state index is 12.1. The lowest BCUT2D eigenvalue weighted by Crippen LogP contribution is -2.39. The van der Waals surface area contributed by atoms with Crippen molar-refractivity contribution in [2.45, 2.75) is 19.4 Å². The Labute approximate surface area is 129 Å². The largest absolute Gasteiger partial charge is 0.356 e. The van der Waals surface area contributed by atoms with Crippen molar-refractivity contribution in [3.05, 3.63) is 71.4 Å². The number of nitrogens with zero attached hydrogens (tertiary/aromatic N) is 1. The van der Waals surface area contributed by atoms with Gasteiger partial charge >= 0.3 is 0 Å². The molecule has 110 valence electrons. The number of H-pyrrole nitrogens is 1. The van der Waals surface area contributed by atoms with E-state index in [2.05, 4.69) is 35.3 Å². The number of rotatable bonds is 1. The van der Waals surface area contributed by atoms with Gasteiger partial charge in [0, 0.05) is 30.1 Å². The zero-order valence-electron chi connectivity index (χ0n) is 12.5. The quantitative estimate of drug-likeness (QED) is 0.729. The molecule has 22 heavy (non-hydrogen) atoms. The zero-order chi connectivity index (χ0) is 15.1. The van der Waals surface area contributed by atoms with E-state index in [0.29, 0.717) is 0 Å². The number of hydrogen-bond acceptors (Lipinski definition) is 1. The number of hydrogen-bond donors (Lipinski definition) is 1. The molecule has 1 aromatic heterocycles. The molecule has 1 aliphatic heterocycles. The molecule has 1 aliphatic rings. The molecule has 3 aromatic rings. The Morgan fingerprint density at radius 1 is 1.09 bits per heavy atom. The van der Waals surface area contributed by atoms with Crippen LogP contribution in [0.5, 0.6) is 0 Å². The standard InChI is InChI=1S/C19H18N2O/c1-13(22)21-12-11-16-15-9-5-6-10-17(15)20-18(16)19(21)14-7-3-2-4-8-14/h2-10,19-20H,11-12H2,1H3. The highest BCUT2D eigenvalue weighted by Gasteiger charge is 2.32. The molecule has 4 rings (SSSR count). The first-order chi connectivity index (χ1) is 10.8. The van der Waals surface area contributed by atoms with Crippen LogP contribution in [0.25, 0.3) is 10.9 Å². The third kappa shape index (κ3) is 1.93. The summed E-state index contributed by atoms with van der Waals surface area (Å²) in [6, 6.07) is 18.6. The average Bonchev–Trinajstić information content (AvgIpc) is 2.93. The van der Waals surface area contributed by atoms with E-state index in [-0.39, 0.29) is 11.9 Å². The summed E-state index contributed by atoms with van der Waals surface area (Å²) in [7, 11) is 0. The molecule has 2 heterocycles. The van der Waals surface area contributed by atoms with Crippen LogP contribution in [0, 0.1) is 0 Å². The highest BCUT2D eigenvalue weighted by Crippen LogP contribution is 2.38. The van der Waals surface area contributed by atoms with Gasteiger partial charge in [0.2, 0.25) is 5.91 Å². The molecule has 1 amide bonds. The summed E-state index contributed by atoms with van der Waals surface area (Å²) in [5, 5.41) is 1.28.